The van der Waals surface area contributed by atoms with Crippen LogP contribution in [0.3, 0.4) is 0 Å². The van der Waals surface area contributed by atoms with Crippen LogP contribution in [0.1, 0.15) is 31.1 Å². The molecule has 4 nitrogen and oxygen atoms in total. The zero-order valence-corrected chi connectivity index (χ0v) is 10.6. The highest BCUT2D eigenvalue weighted by Gasteiger charge is 2.13. The molecule has 0 atom stereocenters. The van der Waals surface area contributed by atoms with Crippen molar-refractivity contribution in [2.75, 3.05) is 13.7 Å². The number of hydrogen-bond donors (Lipinski definition) is 0. The van der Waals surface area contributed by atoms with E-state index < -0.39 is 0 Å². The Morgan fingerprint density at radius 2 is 2.00 bits per heavy atom. The van der Waals surface area contributed by atoms with E-state index in [-0.39, 0.29) is 12.1 Å². The van der Waals surface area contributed by atoms with Crippen LogP contribution in [0.4, 0.5) is 0 Å². The van der Waals surface area contributed by atoms with Crippen LogP contribution >= 0.6 is 0 Å². The first-order valence-corrected chi connectivity index (χ1v) is 5.60. The van der Waals surface area contributed by atoms with Gasteiger partial charge in [0, 0.05) is 0 Å². The van der Waals surface area contributed by atoms with Gasteiger partial charge in [-0.15, -0.1) is 0 Å². The van der Waals surface area contributed by atoms with Gasteiger partial charge >= 0.3 is 5.97 Å². The van der Waals surface area contributed by atoms with Crippen molar-refractivity contribution >= 4 is 5.97 Å². The molecular formula is C13H18O4. The van der Waals surface area contributed by atoms with Crippen molar-refractivity contribution in [3.8, 4) is 11.5 Å². The number of esters is 1. The van der Waals surface area contributed by atoms with Crippen LogP contribution in [-0.2, 0) is 4.74 Å². The summed E-state index contributed by atoms with van der Waals surface area (Å²) in [7, 11) is 1.54. The standard InChI is InChI=1S/C13H18O4/c1-5-16-11-7-6-10(8-12(11)15-4)13(14)17-9(2)3/h6-9H,5H2,1-4H3. The van der Waals surface area contributed by atoms with E-state index in [9.17, 15) is 4.79 Å². The molecule has 0 N–H and O–H groups in total. The lowest BCUT2D eigenvalue weighted by molar-refractivity contribution is 0.0377. The first-order valence-electron chi connectivity index (χ1n) is 5.60. The summed E-state index contributed by atoms with van der Waals surface area (Å²) in [5.74, 6) is 0.794. The smallest absolute Gasteiger partial charge is 0.338 e. The molecule has 0 saturated carbocycles. The van der Waals surface area contributed by atoms with E-state index in [2.05, 4.69) is 0 Å². The van der Waals surface area contributed by atoms with Crippen molar-refractivity contribution in [3.63, 3.8) is 0 Å². The fraction of sp³-hybridized carbons (Fsp3) is 0.462. The molecule has 0 unspecified atom stereocenters. The molecule has 17 heavy (non-hydrogen) atoms. The van der Waals surface area contributed by atoms with Crippen LogP contribution < -0.4 is 9.47 Å². The van der Waals surface area contributed by atoms with Gasteiger partial charge in [-0.05, 0) is 39.0 Å². The Bertz CT molecular complexity index is 385. The third kappa shape index (κ3) is 3.66. The Balaban J connectivity index is 2.92. The van der Waals surface area contributed by atoms with Gasteiger partial charge in [0.15, 0.2) is 11.5 Å². The third-order valence-electron chi connectivity index (χ3n) is 2.04. The maximum absolute atomic E-state index is 11.7. The Morgan fingerprint density at radius 3 is 2.53 bits per heavy atom. The van der Waals surface area contributed by atoms with Crippen LogP contribution in [0.25, 0.3) is 0 Å². The number of carbonyl (C=O) groups is 1. The largest absolute Gasteiger partial charge is 0.493 e. The van der Waals surface area contributed by atoms with Gasteiger partial charge in [0.25, 0.3) is 0 Å². The van der Waals surface area contributed by atoms with Crippen LogP contribution in [0.2, 0.25) is 0 Å². The zero-order chi connectivity index (χ0) is 12.8. The van der Waals surface area contributed by atoms with Crippen LogP contribution in [0.15, 0.2) is 18.2 Å². The zero-order valence-electron chi connectivity index (χ0n) is 10.6. The summed E-state index contributed by atoms with van der Waals surface area (Å²) in [6.45, 7) is 6.06. The molecule has 0 aliphatic heterocycles. The van der Waals surface area contributed by atoms with Gasteiger partial charge in [-0.1, -0.05) is 0 Å². The molecule has 0 radical (unpaired) electrons. The minimum absolute atomic E-state index is 0.139. The summed E-state index contributed by atoms with van der Waals surface area (Å²) in [6.07, 6.45) is -0.139. The van der Waals surface area contributed by atoms with Crippen molar-refractivity contribution in [1.82, 2.24) is 0 Å². The molecule has 0 aliphatic carbocycles. The molecule has 0 bridgehead atoms. The molecule has 0 aliphatic rings. The summed E-state index contributed by atoms with van der Waals surface area (Å²) >= 11 is 0. The van der Waals surface area contributed by atoms with Crippen LogP contribution in [-0.4, -0.2) is 25.8 Å². The maximum atomic E-state index is 11.7. The second kappa shape index (κ2) is 6.13. The van der Waals surface area contributed by atoms with E-state index in [0.717, 1.165) is 0 Å². The van der Waals surface area contributed by atoms with Gasteiger partial charge in [-0.25, -0.2) is 4.79 Å². The quantitative estimate of drug-likeness (QED) is 0.740. The lowest BCUT2D eigenvalue weighted by atomic mass is 10.2. The molecule has 1 rings (SSSR count). The Kier molecular flexibility index (Phi) is 4.82. The summed E-state index contributed by atoms with van der Waals surface area (Å²) in [5, 5.41) is 0. The van der Waals surface area contributed by atoms with Gasteiger partial charge in [-0.3, -0.25) is 0 Å². The molecule has 0 fully saturated rings. The predicted octanol–water partition coefficient (Wildman–Crippen LogP) is 2.66. The minimum Gasteiger partial charge on any atom is -0.493 e. The number of methoxy groups -OCH3 is 1. The van der Waals surface area contributed by atoms with E-state index in [4.69, 9.17) is 14.2 Å². The Hall–Kier alpha value is -1.71. The molecule has 1 aromatic carbocycles. The third-order valence-corrected chi connectivity index (χ3v) is 2.04. The first-order chi connectivity index (χ1) is 8.08. The van der Waals surface area contributed by atoms with E-state index in [0.29, 0.717) is 23.7 Å². The Labute approximate surface area is 101 Å². The van der Waals surface area contributed by atoms with E-state index in [1.54, 1.807) is 18.2 Å². The molecule has 0 aromatic heterocycles. The van der Waals surface area contributed by atoms with E-state index in [1.165, 1.54) is 7.11 Å². The number of rotatable bonds is 5. The monoisotopic (exact) mass is 238 g/mol. The number of carbonyl (C=O) groups excluding carboxylic acids is 1. The molecule has 0 heterocycles. The topological polar surface area (TPSA) is 44.8 Å². The molecule has 4 heteroatoms. The summed E-state index contributed by atoms with van der Waals surface area (Å²) in [5.41, 5.74) is 0.457. The first kappa shape index (κ1) is 13.4. The molecule has 94 valence electrons. The highest BCUT2D eigenvalue weighted by molar-refractivity contribution is 5.90. The second-order valence-corrected chi connectivity index (χ2v) is 3.75. The van der Waals surface area contributed by atoms with Crippen molar-refractivity contribution in [1.29, 1.82) is 0 Å². The highest BCUT2D eigenvalue weighted by Crippen LogP contribution is 2.28. The van der Waals surface area contributed by atoms with Gasteiger partial charge < -0.3 is 14.2 Å². The fourth-order valence-corrected chi connectivity index (χ4v) is 1.35. The van der Waals surface area contributed by atoms with Crippen molar-refractivity contribution in [3.05, 3.63) is 23.8 Å². The number of ether oxygens (including phenoxy) is 3. The molecule has 0 amide bonds. The summed E-state index contributed by atoms with van der Waals surface area (Å²) in [4.78, 5) is 11.7. The molecule has 1 aromatic rings. The number of benzene rings is 1. The van der Waals surface area contributed by atoms with Gasteiger partial charge in [0.2, 0.25) is 0 Å². The van der Waals surface area contributed by atoms with E-state index >= 15 is 0 Å². The fourth-order valence-electron chi connectivity index (χ4n) is 1.35. The summed E-state index contributed by atoms with van der Waals surface area (Å²) in [6, 6.07) is 4.99. The molecule has 0 spiro atoms. The van der Waals surface area contributed by atoms with E-state index in [1.807, 2.05) is 20.8 Å². The second-order valence-electron chi connectivity index (χ2n) is 3.75. The Morgan fingerprint density at radius 1 is 1.29 bits per heavy atom. The lowest BCUT2D eigenvalue weighted by Crippen LogP contribution is -2.11. The van der Waals surface area contributed by atoms with Gasteiger partial charge in [0.05, 0.1) is 25.4 Å². The normalized spacial score (nSPS) is 10.2. The van der Waals surface area contributed by atoms with Crippen molar-refractivity contribution < 1.29 is 19.0 Å². The highest BCUT2D eigenvalue weighted by atomic mass is 16.5. The summed E-state index contributed by atoms with van der Waals surface area (Å²) < 4.78 is 15.6. The molecule has 0 saturated heterocycles. The van der Waals surface area contributed by atoms with Crippen LogP contribution in [0.5, 0.6) is 11.5 Å². The molecular weight excluding hydrogens is 220 g/mol. The lowest BCUT2D eigenvalue weighted by Gasteiger charge is -2.12. The van der Waals surface area contributed by atoms with Crippen molar-refractivity contribution in [2.45, 2.75) is 26.9 Å². The SMILES string of the molecule is CCOc1ccc(C(=O)OC(C)C)cc1OC. The van der Waals surface area contributed by atoms with Crippen molar-refractivity contribution in [2.24, 2.45) is 0 Å². The average Bonchev–Trinajstić information content (AvgIpc) is 2.29. The van der Waals surface area contributed by atoms with Gasteiger partial charge in [-0.2, -0.15) is 0 Å². The van der Waals surface area contributed by atoms with Crippen LogP contribution in [0, 0.1) is 0 Å². The number of hydrogen-bond acceptors (Lipinski definition) is 4. The predicted molar refractivity (Wildman–Crippen MR) is 64.7 cm³/mol. The van der Waals surface area contributed by atoms with Gasteiger partial charge in [0.1, 0.15) is 0 Å². The average molecular weight is 238 g/mol. The minimum atomic E-state index is -0.360. The maximum Gasteiger partial charge on any atom is 0.338 e.